The third-order valence-electron chi connectivity index (χ3n) is 8.77. The second kappa shape index (κ2) is 8.02. The number of furan rings is 1. The summed E-state index contributed by atoms with van der Waals surface area (Å²) < 4.78 is 8.69. The van der Waals surface area contributed by atoms with Gasteiger partial charge in [-0.05, 0) is 35.0 Å². The predicted molar refractivity (Wildman–Crippen MR) is 171 cm³/mol. The minimum absolute atomic E-state index is 0.772. The van der Waals surface area contributed by atoms with Gasteiger partial charge in [0, 0.05) is 38.0 Å². The van der Waals surface area contributed by atoms with Crippen molar-refractivity contribution in [2.24, 2.45) is 0 Å². The summed E-state index contributed by atoms with van der Waals surface area (Å²) in [7, 11) is -2.07. The fourth-order valence-electron chi connectivity index (χ4n) is 6.90. The van der Waals surface area contributed by atoms with Crippen molar-refractivity contribution in [3.8, 4) is 28.3 Å². The summed E-state index contributed by atoms with van der Waals surface area (Å²) in [5.74, 6) is 1.71. The van der Waals surface area contributed by atoms with Crippen LogP contribution in [0, 0.1) is 0 Å². The van der Waals surface area contributed by atoms with E-state index in [0.717, 1.165) is 55.7 Å². The summed E-state index contributed by atoms with van der Waals surface area (Å²) in [4.78, 5) is 10.7. The minimum atomic E-state index is -2.07. The third kappa shape index (κ3) is 2.98. The lowest BCUT2D eigenvalue weighted by molar-refractivity contribution is 0.669. The van der Waals surface area contributed by atoms with E-state index >= 15 is 0 Å². The van der Waals surface area contributed by atoms with Gasteiger partial charge in [-0.1, -0.05) is 104 Å². The minimum Gasteiger partial charge on any atom is -0.456 e. The van der Waals surface area contributed by atoms with Gasteiger partial charge in [0.25, 0.3) is 0 Å². The first kappa shape index (κ1) is 22.8. The lowest BCUT2D eigenvalue weighted by Gasteiger charge is -2.19. The summed E-state index contributed by atoms with van der Waals surface area (Å²) >= 11 is 0. The van der Waals surface area contributed by atoms with Crippen molar-refractivity contribution < 1.29 is 4.42 Å². The Morgan fingerprint density at radius 1 is 0.610 bits per heavy atom. The Morgan fingerprint density at radius 2 is 1.34 bits per heavy atom. The molecule has 0 N–H and O–H groups in total. The normalized spacial score (nSPS) is 13.8. The lowest BCUT2D eigenvalue weighted by Crippen LogP contribution is -2.51. The topological polar surface area (TPSA) is 43.9 Å². The van der Waals surface area contributed by atoms with Crippen molar-refractivity contribution in [2.45, 2.75) is 13.1 Å². The van der Waals surface area contributed by atoms with E-state index in [1.807, 2.05) is 18.2 Å². The van der Waals surface area contributed by atoms with Crippen LogP contribution in [-0.4, -0.2) is 22.6 Å². The number of fused-ring (bicyclic) bond motifs is 10. The zero-order valence-electron chi connectivity index (χ0n) is 22.7. The molecule has 0 unspecified atom stereocenters. The van der Waals surface area contributed by atoms with E-state index in [1.54, 1.807) is 0 Å². The molecule has 1 aliphatic rings. The van der Waals surface area contributed by atoms with Crippen LogP contribution in [0.4, 0.5) is 0 Å². The van der Waals surface area contributed by atoms with Gasteiger partial charge in [0.15, 0.2) is 5.82 Å². The molecule has 41 heavy (non-hydrogen) atoms. The lowest BCUT2D eigenvalue weighted by atomic mass is 10.1. The van der Waals surface area contributed by atoms with E-state index < -0.39 is 8.07 Å². The molecule has 0 saturated heterocycles. The molecule has 4 heterocycles. The maximum atomic E-state index is 6.32. The van der Waals surface area contributed by atoms with Crippen LogP contribution in [0.3, 0.4) is 0 Å². The standard InChI is InChI=1S/C36H25N3OSi/c1-41(2)30-19-11-8-16-25(30)33-35(37-34(38-36(33)41)22-12-4-3-5-13-22)39-26-17-9-6-14-23(26)31-27(39)20-21-29-32(31)24-15-7-10-18-28(24)40-29/h3-21H,1-2H3. The smallest absolute Gasteiger partial charge is 0.161 e. The van der Waals surface area contributed by atoms with Crippen molar-refractivity contribution in [3.63, 3.8) is 0 Å². The summed E-state index contributed by atoms with van der Waals surface area (Å²) in [6, 6.07) is 40.5. The van der Waals surface area contributed by atoms with Gasteiger partial charge in [0.05, 0.1) is 11.0 Å². The number of hydrogen-bond donors (Lipinski definition) is 0. The molecule has 1 aliphatic heterocycles. The van der Waals surface area contributed by atoms with Crippen LogP contribution in [0.2, 0.25) is 13.1 Å². The first-order valence-corrected chi connectivity index (χ1v) is 17.0. The van der Waals surface area contributed by atoms with Crippen molar-refractivity contribution in [1.29, 1.82) is 0 Å². The van der Waals surface area contributed by atoms with Crippen LogP contribution in [-0.2, 0) is 0 Å². The monoisotopic (exact) mass is 543 g/mol. The van der Waals surface area contributed by atoms with E-state index in [1.165, 1.54) is 26.8 Å². The number of nitrogens with zero attached hydrogens (tertiary/aromatic N) is 3. The van der Waals surface area contributed by atoms with Crippen LogP contribution in [0.1, 0.15) is 0 Å². The average Bonchev–Trinajstić information content (AvgIpc) is 3.63. The van der Waals surface area contributed by atoms with Crippen LogP contribution in [0.25, 0.3) is 72.1 Å². The molecule has 0 saturated carbocycles. The second-order valence-electron chi connectivity index (χ2n) is 11.4. The van der Waals surface area contributed by atoms with Gasteiger partial charge >= 0.3 is 0 Å². The molecule has 9 rings (SSSR count). The van der Waals surface area contributed by atoms with Crippen molar-refractivity contribution in [1.82, 2.24) is 14.5 Å². The van der Waals surface area contributed by atoms with Crippen LogP contribution >= 0.6 is 0 Å². The maximum Gasteiger partial charge on any atom is 0.161 e. The van der Waals surface area contributed by atoms with Crippen molar-refractivity contribution in [3.05, 3.63) is 115 Å². The largest absolute Gasteiger partial charge is 0.456 e. The zero-order valence-corrected chi connectivity index (χ0v) is 23.7. The molecule has 0 radical (unpaired) electrons. The van der Waals surface area contributed by atoms with Crippen molar-refractivity contribution in [2.75, 3.05) is 0 Å². The number of aromatic nitrogens is 3. The molecule has 5 aromatic carbocycles. The van der Waals surface area contributed by atoms with Gasteiger partial charge in [-0.25, -0.2) is 9.97 Å². The zero-order chi connectivity index (χ0) is 27.3. The number of benzene rings is 5. The summed E-state index contributed by atoms with van der Waals surface area (Å²) in [5, 5.41) is 7.28. The molecule has 3 aromatic heterocycles. The quantitative estimate of drug-likeness (QED) is 0.208. The first-order chi connectivity index (χ1) is 20.1. The predicted octanol–water partition coefficient (Wildman–Crippen LogP) is 7.94. The Morgan fingerprint density at radius 3 is 2.22 bits per heavy atom. The van der Waals surface area contributed by atoms with E-state index in [2.05, 4.69) is 115 Å². The van der Waals surface area contributed by atoms with Gasteiger partial charge in [-0.3, -0.25) is 4.57 Å². The Bertz CT molecular complexity index is 2350. The molecular weight excluding hydrogens is 519 g/mol. The summed E-state index contributed by atoms with van der Waals surface area (Å²) in [5.41, 5.74) is 7.51. The average molecular weight is 544 g/mol. The molecule has 0 amide bonds. The highest BCUT2D eigenvalue weighted by Crippen LogP contribution is 2.43. The van der Waals surface area contributed by atoms with E-state index in [-0.39, 0.29) is 0 Å². The molecule has 0 spiro atoms. The molecule has 0 fully saturated rings. The maximum absolute atomic E-state index is 6.32. The van der Waals surface area contributed by atoms with Crippen molar-refractivity contribution >= 4 is 62.3 Å². The van der Waals surface area contributed by atoms with Gasteiger partial charge in [-0.15, -0.1) is 0 Å². The number of rotatable bonds is 2. The van der Waals surface area contributed by atoms with Gasteiger partial charge in [0.2, 0.25) is 0 Å². The molecule has 0 bridgehead atoms. The second-order valence-corrected chi connectivity index (χ2v) is 15.7. The van der Waals surface area contributed by atoms with Crippen LogP contribution < -0.4 is 10.5 Å². The van der Waals surface area contributed by atoms with E-state index in [4.69, 9.17) is 14.4 Å². The molecule has 5 heteroatoms. The van der Waals surface area contributed by atoms with Crippen LogP contribution in [0.15, 0.2) is 120 Å². The molecule has 0 atom stereocenters. The van der Waals surface area contributed by atoms with Crippen LogP contribution in [0.5, 0.6) is 0 Å². The van der Waals surface area contributed by atoms with Gasteiger partial charge in [0.1, 0.15) is 25.1 Å². The Hall–Kier alpha value is -5.00. The van der Waals surface area contributed by atoms with E-state index in [9.17, 15) is 0 Å². The Kier molecular flexibility index (Phi) is 4.46. The highest BCUT2D eigenvalue weighted by Gasteiger charge is 2.42. The molecule has 8 aromatic rings. The molecular formula is C36H25N3OSi. The summed E-state index contributed by atoms with van der Waals surface area (Å²) in [6.45, 7) is 4.83. The SMILES string of the molecule is C[Si]1(C)c2ccccc2-c2c(-n3c4ccccc4c4c5c(ccc43)oc3ccccc35)nc(-c3ccccc3)nc21. The Balaban J connectivity index is 1.49. The summed E-state index contributed by atoms with van der Waals surface area (Å²) in [6.07, 6.45) is 0. The fraction of sp³-hybridized carbons (Fsp3) is 0.0556. The highest BCUT2D eigenvalue weighted by molar-refractivity contribution is 7.03. The fourth-order valence-corrected chi connectivity index (χ4v) is 9.81. The first-order valence-electron chi connectivity index (χ1n) is 14.0. The highest BCUT2D eigenvalue weighted by atomic mass is 28.3. The van der Waals surface area contributed by atoms with Gasteiger partial charge < -0.3 is 4.42 Å². The van der Waals surface area contributed by atoms with E-state index in [0.29, 0.717) is 0 Å². The molecule has 0 aliphatic carbocycles. The molecule has 4 nitrogen and oxygen atoms in total. The molecule has 194 valence electrons. The Labute approximate surface area is 237 Å². The third-order valence-corrected chi connectivity index (χ3v) is 12.1. The number of hydrogen-bond acceptors (Lipinski definition) is 3. The number of para-hydroxylation sites is 2. The van der Waals surface area contributed by atoms with Gasteiger partial charge in [-0.2, -0.15) is 0 Å².